The van der Waals surface area contributed by atoms with Crippen LogP contribution in [0.1, 0.15) is 34.6 Å². The number of carbonyl (C=O) groups excluding carboxylic acids is 2. The molecule has 0 unspecified atom stereocenters. The minimum absolute atomic E-state index is 0.0808. The first-order chi connectivity index (χ1) is 12.1. The third-order valence-electron chi connectivity index (χ3n) is 4.05. The number of carbonyl (C=O) groups is 2. The van der Waals surface area contributed by atoms with Crippen molar-refractivity contribution in [3.8, 4) is 11.5 Å². The van der Waals surface area contributed by atoms with E-state index in [1.54, 1.807) is 47.4 Å². The van der Waals surface area contributed by atoms with Crippen molar-refractivity contribution in [1.82, 2.24) is 4.90 Å². The lowest BCUT2D eigenvalue weighted by atomic mass is 10.1. The van der Waals surface area contributed by atoms with Crippen molar-refractivity contribution in [3.63, 3.8) is 0 Å². The molecule has 0 spiro atoms. The molecular weight excluding hydrogens is 320 g/mol. The van der Waals surface area contributed by atoms with Crippen LogP contribution >= 0.6 is 0 Å². The van der Waals surface area contributed by atoms with E-state index in [4.69, 9.17) is 9.47 Å². The number of hydrogen-bond acceptors (Lipinski definition) is 4. The Morgan fingerprint density at radius 3 is 2.48 bits per heavy atom. The van der Waals surface area contributed by atoms with Gasteiger partial charge in [-0.15, -0.1) is 0 Å². The third-order valence-corrected chi connectivity index (χ3v) is 4.05. The summed E-state index contributed by atoms with van der Waals surface area (Å²) in [6, 6.07) is 11.9. The molecule has 2 aromatic rings. The van der Waals surface area contributed by atoms with E-state index in [0.29, 0.717) is 41.4 Å². The molecule has 0 saturated heterocycles. The highest BCUT2D eigenvalue weighted by Gasteiger charge is 2.17. The topological polar surface area (TPSA) is 67.9 Å². The van der Waals surface area contributed by atoms with Gasteiger partial charge in [-0.1, -0.05) is 6.07 Å². The molecular formula is C19H20N2O4. The van der Waals surface area contributed by atoms with Crippen molar-refractivity contribution < 1.29 is 19.1 Å². The Kier molecular flexibility index (Phi) is 4.88. The molecule has 2 aromatic carbocycles. The van der Waals surface area contributed by atoms with Crippen LogP contribution in [-0.2, 0) is 0 Å². The molecule has 0 fully saturated rings. The quantitative estimate of drug-likeness (QED) is 0.908. The fourth-order valence-corrected chi connectivity index (χ4v) is 2.66. The highest BCUT2D eigenvalue weighted by atomic mass is 16.7. The van der Waals surface area contributed by atoms with Crippen LogP contribution in [-0.4, -0.2) is 36.6 Å². The summed E-state index contributed by atoms with van der Waals surface area (Å²) in [5.74, 6) is 0.892. The van der Waals surface area contributed by atoms with E-state index in [2.05, 4.69) is 5.32 Å². The second kappa shape index (κ2) is 7.25. The first-order valence-corrected chi connectivity index (χ1v) is 8.22. The highest BCUT2D eigenvalue weighted by molar-refractivity contribution is 6.06. The van der Waals surface area contributed by atoms with Gasteiger partial charge in [0.15, 0.2) is 11.5 Å². The summed E-state index contributed by atoms with van der Waals surface area (Å²) in [5.41, 5.74) is 1.53. The molecule has 1 heterocycles. The van der Waals surface area contributed by atoms with Crippen LogP contribution in [0.2, 0.25) is 0 Å². The molecule has 0 saturated carbocycles. The lowest BCUT2D eigenvalue weighted by molar-refractivity contribution is 0.0773. The van der Waals surface area contributed by atoms with Crippen molar-refractivity contribution in [2.24, 2.45) is 0 Å². The first-order valence-electron chi connectivity index (χ1n) is 8.22. The molecule has 0 radical (unpaired) electrons. The fraction of sp³-hybridized carbons (Fsp3) is 0.263. The van der Waals surface area contributed by atoms with Crippen LogP contribution in [0.4, 0.5) is 5.69 Å². The molecule has 25 heavy (non-hydrogen) atoms. The van der Waals surface area contributed by atoms with E-state index in [0.717, 1.165) is 0 Å². The molecule has 1 N–H and O–H groups in total. The number of anilines is 1. The summed E-state index contributed by atoms with van der Waals surface area (Å²) in [6.45, 7) is 5.29. The van der Waals surface area contributed by atoms with Crippen molar-refractivity contribution in [1.29, 1.82) is 0 Å². The lowest BCUT2D eigenvalue weighted by Gasteiger charge is -2.18. The molecule has 1 aliphatic heterocycles. The van der Waals surface area contributed by atoms with Gasteiger partial charge in [-0.05, 0) is 44.2 Å². The van der Waals surface area contributed by atoms with Crippen molar-refractivity contribution in [2.75, 3.05) is 25.2 Å². The molecule has 0 aromatic heterocycles. The SMILES string of the molecule is CCN(CC)C(=O)c1cccc(C(=O)Nc2ccc3c(c2)OCO3)c1. The lowest BCUT2D eigenvalue weighted by Crippen LogP contribution is -2.30. The van der Waals surface area contributed by atoms with E-state index in [-0.39, 0.29) is 18.6 Å². The Morgan fingerprint density at radius 2 is 1.72 bits per heavy atom. The van der Waals surface area contributed by atoms with Gasteiger partial charge in [-0.3, -0.25) is 9.59 Å². The van der Waals surface area contributed by atoms with Gasteiger partial charge in [0.1, 0.15) is 0 Å². The Balaban J connectivity index is 1.76. The largest absolute Gasteiger partial charge is 0.454 e. The molecule has 6 heteroatoms. The van der Waals surface area contributed by atoms with E-state index >= 15 is 0 Å². The first kappa shape index (κ1) is 16.8. The predicted molar refractivity (Wildman–Crippen MR) is 94.2 cm³/mol. The van der Waals surface area contributed by atoms with Crippen LogP contribution in [0.5, 0.6) is 11.5 Å². The molecule has 3 rings (SSSR count). The number of fused-ring (bicyclic) bond motifs is 1. The monoisotopic (exact) mass is 340 g/mol. The van der Waals surface area contributed by atoms with Gasteiger partial charge >= 0.3 is 0 Å². The summed E-state index contributed by atoms with van der Waals surface area (Å²) in [4.78, 5) is 26.6. The number of amides is 2. The van der Waals surface area contributed by atoms with Crippen LogP contribution in [0, 0.1) is 0 Å². The van der Waals surface area contributed by atoms with Crippen LogP contribution < -0.4 is 14.8 Å². The molecule has 130 valence electrons. The number of hydrogen-bond donors (Lipinski definition) is 1. The average Bonchev–Trinajstić information content (AvgIpc) is 3.10. The van der Waals surface area contributed by atoms with E-state index in [1.165, 1.54) is 0 Å². The molecule has 1 aliphatic rings. The van der Waals surface area contributed by atoms with Crippen molar-refractivity contribution >= 4 is 17.5 Å². The molecule has 0 bridgehead atoms. The van der Waals surface area contributed by atoms with Gasteiger partial charge in [-0.2, -0.15) is 0 Å². The van der Waals surface area contributed by atoms with Crippen LogP contribution in [0.15, 0.2) is 42.5 Å². The van der Waals surface area contributed by atoms with Gasteiger partial charge in [0.25, 0.3) is 11.8 Å². The summed E-state index contributed by atoms with van der Waals surface area (Å²) < 4.78 is 10.6. The molecule has 0 atom stereocenters. The normalized spacial score (nSPS) is 11.9. The van der Waals surface area contributed by atoms with Crippen molar-refractivity contribution in [3.05, 3.63) is 53.6 Å². The van der Waals surface area contributed by atoms with E-state index in [9.17, 15) is 9.59 Å². The van der Waals surface area contributed by atoms with Crippen LogP contribution in [0.25, 0.3) is 0 Å². The fourth-order valence-electron chi connectivity index (χ4n) is 2.66. The predicted octanol–water partition coefficient (Wildman–Crippen LogP) is 3.15. The zero-order valence-corrected chi connectivity index (χ0v) is 14.2. The Hall–Kier alpha value is -3.02. The minimum Gasteiger partial charge on any atom is -0.454 e. The minimum atomic E-state index is -0.284. The number of nitrogens with zero attached hydrogens (tertiary/aromatic N) is 1. The van der Waals surface area contributed by atoms with Gasteiger partial charge < -0.3 is 19.7 Å². The summed E-state index contributed by atoms with van der Waals surface area (Å²) in [5, 5.41) is 2.81. The Bertz CT molecular complexity index is 800. The molecule has 2 amide bonds. The number of nitrogens with one attached hydrogen (secondary N) is 1. The maximum Gasteiger partial charge on any atom is 0.255 e. The van der Waals surface area contributed by atoms with Gasteiger partial charge in [-0.25, -0.2) is 0 Å². The van der Waals surface area contributed by atoms with Gasteiger partial charge in [0, 0.05) is 36.0 Å². The second-order valence-corrected chi connectivity index (χ2v) is 5.58. The van der Waals surface area contributed by atoms with Crippen molar-refractivity contribution in [2.45, 2.75) is 13.8 Å². The highest BCUT2D eigenvalue weighted by Crippen LogP contribution is 2.34. The third kappa shape index (κ3) is 3.57. The standard InChI is InChI=1S/C19H20N2O4/c1-3-21(4-2)19(23)14-7-5-6-13(10-14)18(22)20-15-8-9-16-17(11-15)25-12-24-16/h5-11H,3-4,12H2,1-2H3,(H,20,22). The summed E-state index contributed by atoms with van der Waals surface area (Å²) in [6.07, 6.45) is 0. The summed E-state index contributed by atoms with van der Waals surface area (Å²) in [7, 11) is 0. The Morgan fingerprint density at radius 1 is 1.00 bits per heavy atom. The average molecular weight is 340 g/mol. The number of rotatable bonds is 5. The summed E-state index contributed by atoms with van der Waals surface area (Å²) >= 11 is 0. The maximum atomic E-state index is 12.5. The van der Waals surface area contributed by atoms with Gasteiger partial charge in [0.05, 0.1) is 0 Å². The number of ether oxygens (including phenoxy) is 2. The number of benzene rings is 2. The van der Waals surface area contributed by atoms with E-state index < -0.39 is 0 Å². The molecule has 0 aliphatic carbocycles. The maximum absolute atomic E-state index is 12.5. The Labute approximate surface area is 146 Å². The smallest absolute Gasteiger partial charge is 0.255 e. The second-order valence-electron chi connectivity index (χ2n) is 5.58. The van der Waals surface area contributed by atoms with Crippen LogP contribution in [0.3, 0.4) is 0 Å². The van der Waals surface area contributed by atoms with E-state index in [1.807, 2.05) is 13.8 Å². The zero-order valence-electron chi connectivity index (χ0n) is 14.2. The van der Waals surface area contributed by atoms with Gasteiger partial charge in [0.2, 0.25) is 6.79 Å². The molecule has 6 nitrogen and oxygen atoms in total. The zero-order chi connectivity index (χ0) is 17.8.